The van der Waals surface area contributed by atoms with Gasteiger partial charge in [-0.1, -0.05) is 0 Å². The number of hydrogen-bond acceptors (Lipinski definition) is 7. The van der Waals surface area contributed by atoms with Crippen molar-refractivity contribution >= 4 is 46.9 Å². The predicted octanol–water partition coefficient (Wildman–Crippen LogP) is 2.22. The highest BCUT2D eigenvalue weighted by atomic mass is 32.2. The Kier molecular flexibility index (Phi) is 17.1. The number of hydrogen-bond donors (Lipinski definition) is 2. The van der Waals surface area contributed by atoms with Crippen LogP contribution >= 0.6 is 23.5 Å². The van der Waals surface area contributed by atoms with Gasteiger partial charge >= 0.3 is 0 Å². The predicted molar refractivity (Wildman–Crippen MR) is 121 cm³/mol. The third-order valence-electron chi connectivity index (χ3n) is 3.43. The maximum Gasteiger partial charge on any atom is 0.220 e. The Morgan fingerprint density at radius 3 is 1.41 bits per heavy atom. The van der Waals surface area contributed by atoms with Crippen LogP contribution in [0.5, 0.6) is 0 Å². The molecule has 0 aliphatic heterocycles. The Hall–Kier alpha value is -1.06. The van der Waals surface area contributed by atoms with Crippen LogP contribution in [0, 0.1) is 0 Å². The molecule has 2 amide bonds. The molecule has 0 unspecified atom stereocenters. The molecule has 0 aromatic rings. The van der Waals surface area contributed by atoms with Gasteiger partial charge in [0.25, 0.3) is 0 Å². The van der Waals surface area contributed by atoms with E-state index in [-0.39, 0.29) is 61.1 Å². The lowest BCUT2D eigenvalue weighted by Gasteiger charge is -2.08. The van der Waals surface area contributed by atoms with E-state index >= 15 is 0 Å². The lowest BCUT2D eigenvalue weighted by atomic mass is 10.2. The fourth-order valence-corrected chi connectivity index (χ4v) is 3.65. The van der Waals surface area contributed by atoms with Crippen molar-refractivity contribution in [3.63, 3.8) is 0 Å². The SMILES string of the molecule is CC(C)NC(=O)CCC(=O)CSCCOCCSCC(=O)CCC(=O)NC(C)C. The average molecular weight is 449 g/mol. The third kappa shape index (κ3) is 20.0. The van der Waals surface area contributed by atoms with Gasteiger partial charge in [0, 0.05) is 49.3 Å². The molecule has 0 atom stereocenters. The number of carbonyl (C=O) groups excluding carboxylic acids is 4. The molecule has 9 heteroatoms. The minimum absolute atomic E-state index is 0.0741. The second-order valence-corrected chi connectivity index (χ2v) is 9.45. The maximum absolute atomic E-state index is 11.7. The van der Waals surface area contributed by atoms with Crippen LogP contribution in [0.25, 0.3) is 0 Å². The van der Waals surface area contributed by atoms with Crippen LogP contribution < -0.4 is 10.6 Å². The minimum Gasteiger partial charge on any atom is -0.380 e. The lowest BCUT2D eigenvalue weighted by Crippen LogP contribution is -2.30. The first-order valence-electron chi connectivity index (χ1n) is 10.1. The first kappa shape index (κ1) is 27.9. The second-order valence-electron chi connectivity index (χ2n) is 7.24. The summed E-state index contributed by atoms with van der Waals surface area (Å²) in [5, 5.41) is 5.53. The number of amides is 2. The summed E-state index contributed by atoms with van der Waals surface area (Å²) in [6.45, 7) is 8.66. The molecular formula is C20H36N2O5S2. The number of nitrogens with one attached hydrogen (secondary N) is 2. The molecule has 0 aromatic carbocycles. The molecular weight excluding hydrogens is 412 g/mol. The minimum atomic E-state index is -0.0866. The molecule has 168 valence electrons. The highest BCUT2D eigenvalue weighted by Gasteiger charge is 2.09. The van der Waals surface area contributed by atoms with E-state index in [0.717, 1.165) is 11.5 Å². The van der Waals surface area contributed by atoms with E-state index in [9.17, 15) is 19.2 Å². The van der Waals surface area contributed by atoms with Gasteiger partial charge in [-0.25, -0.2) is 0 Å². The van der Waals surface area contributed by atoms with E-state index in [0.29, 0.717) is 24.7 Å². The fourth-order valence-electron chi connectivity index (χ4n) is 2.15. The molecule has 0 bridgehead atoms. The zero-order chi connectivity index (χ0) is 22.1. The van der Waals surface area contributed by atoms with Gasteiger partial charge in [-0.05, 0) is 27.7 Å². The molecule has 0 rings (SSSR count). The molecule has 0 fully saturated rings. The summed E-state index contributed by atoms with van der Waals surface area (Å²) in [7, 11) is 0. The number of ether oxygens (including phenoxy) is 1. The van der Waals surface area contributed by atoms with Gasteiger partial charge < -0.3 is 15.4 Å². The summed E-state index contributed by atoms with van der Waals surface area (Å²) in [5.41, 5.74) is 0. The van der Waals surface area contributed by atoms with Crippen LogP contribution in [0.2, 0.25) is 0 Å². The highest BCUT2D eigenvalue weighted by molar-refractivity contribution is 8.00. The number of rotatable bonds is 18. The van der Waals surface area contributed by atoms with E-state index in [2.05, 4.69) is 10.6 Å². The quantitative estimate of drug-likeness (QED) is 0.310. The summed E-state index contributed by atoms with van der Waals surface area (Å²) in [6.07, 6.45) is 1.03. The molecule has 0 aromatic heterocycles. The van der Waals surface area contributed by atoms with E-state index < -0.39 is 0 Å². The van der Waals surface area contributed by atoms with Gasteiger partial charge in [0.1, 0.15) is 11.6 Å². The number of thioether (sulfide) groups is 2. The van der Waals surface area contributed by atoms with Crippen LogP contribution in [-0.2, 0) is 23.9 Å². The van der Waals surface area contributed by atoms with E-state index in [1.807, 2.05) is 27.7 Å². The first-order valence-corrected chi connectivity index (χ1v) is 12.4. The van der Waals surface area contributed by atoms with Gasteiger partial charge in [-0.15, -0.1) is 0 Å². The van der Waals surface area contributed by atoms with Crippen LogP contribution in [-0.4, -0.2) is 71.7 Å². The van der Waals surface area contributed by atoms with Gasteiger partial charge in [-0.3, -0.25) is 19.2 Å². The zero-order valence-electron chi connectivity index (χ0n) is 18.1. The number of Topliss-reactive ketones (excluding diaryl/α,β-unsaturated/α-hetero) is 2. The van der Waals surface area contributed by atoms with E-state index in [4.69, 9.17) is 4.74 Å². The van der Waals surface area contributed by atoms with Crippen molar-refractivity contribution < 1.29 is 23.9 Å². The standard InChI is InChI=1S/C20H36N2O5S2/c1-15(2)21-19(25)7-5-17(23)13-28-11-9-27-10-12-29-14-18(24)6-8-20(26)22-16(3)4/h15-16H,5-14H2,1-4H3,(H,21,25)(H,22,26). The molecule has 0 spiro atoms. The van der Waals surface area contributed by atoms with Gasteiger partial charge in [0.15, 0.2) is 0 Å². The van der Waals surface area contributed by atoms with Crippen molar-refractivity contribution in [2.45, 2.75) is 65.5 Å². The summed E-state index contributed by atoms with van der Waals surface area (Å²) < 4.78 is 5.49. The molecule has 2 N–H and O–H groups in total. The van der Waals surface area contributed by atoms with Crippen molar-refractivity contribution in [1.29, 1.82) is 0 Å². The summed E-state index contributed by atoms with van der Waals surface area (Å²) in [4.78, 5) is 46.4. The van der Waals surface area contributed by atoms with Crippen molar-refractivity contribution in [1.82, 2.24) is 10.6 Å². The summed E-state index contributed by atoms with van der Waals surface area (Å²) in [5.74, 6) is 2.21. The number of ketones is 2. The Bertz CT molecular complexity index is 469. The first-order chi connectivity index (χ1) is 13.7. The number of carbonyl (C=O) groups is 4. The Morgan fingerprint density at radius 2 is 1.07 bits per heavy atom. The third-order valence-corrected chi connectivity index (χ3v) is 5.39. The maximum atomic E-state index is 11.7. The highest BCUT2D eigenvalue weighted by Crippen LogP contribution is 2.06. The van der Waals surface area contributed by atoms with E-state index in [1.165, 1.54) is 23.5 Å². The second kappa shape index (κ2) is 17.8. The van der Waals surface area contributed by atoms with E-state index in [1.54, 1.807) is 0 Å². The Labute approximate surface area is 183 Å². The monoisotopic (exact) mass is 448 g/mol. The zero-order valence-corrected chi connectivity index (χ0v) is 19.7. The molecule has 0 saturated carbocycles. The van der Waals surface area contributed by atoms with Crippen molar-refractivity contribution in [3.05, 3.63) is 0 Å². The molecule has 0 aliphatic rings. The van der Waals surface area contributed by atoms with Crippen LogP contribution in [0.15, 0.2) is 0 Å². The average Bonchev–Trinajstić information content (AvgIpc) is 2.62. The van der Waals surface area contributed by atoms with Crippen LogP contribution in [0.3, 0.4) is 0 Å². The van der Waals surface area contributed by atoms with Gasteiger partial charge in [-0.2, -0.15) is 23.5 Å². The lowest BCUT2D eigenvalue weighted by molar-refractivity contribution is -0.124. The summed E-state index contributed by atoms with van der Waals surface area (Å²) >= 11 is 3.01. The smallest absolute Gasteiger partial charge is 0.220 e. The van der Waals surface area contributed by atoms with Crippen molar-refractivity contribution in [3.8, 4) is 0 Å². The Morgan fingerprint density at radius 1 is 0.690 bits per heavy atom. The van der Waals surface area contributed by atoms with Gasteiger partial charge in [0.2, 0.25) is 11.8 Å². The molecule has 7 nitrogen and oxygen atoms in total. The van der Waals surface area contributed by atoms with Gasteiger partial charge in [0.05, 0.1) is 24.7 Å². The fraction of sp³-hybridized carbons (Fsp3) is 0.800. The molecule has 29 heavy (non-hydrogen) atoms. The van der Waals surface area contributed by atoms with Crippen LogP contribution in [0.4, 0.5) is 0 Å². The summed E-state index contributed by atoms with van der Waals surface area (Å²) in [6, 6.07) is 0.188. The molecule has 0 saturated heterocycles. The van der Waals surface area contributed by atoms with Crippen LogP contribution in [0.1, 0.15) is 53.4 Å². The topological polar surface area (TPSA) is 102 Å². The molecule has 0 aliphatic carbocycles. The molecule has 0 heterocycles. The normalized spacial score (nSPS) is 11.0. The van der Waals surface area contributed by atoms with Crippen molar-refractivity contribution in [2.24, 2.45) is 0 Å². The Balaban J connectivity index is 3.46. The molecule has 0 radical (unpaired) electrons. The van der Waals surface area contributed by atoms with Crippen molar-refractivity contribution in [2.75, 3.05) is 36.2 Å². The largest absolute Gasteiger partial charge is 0.380 e.